The van der Waals surface area contributed by atoms with E-state index in [1.165, 1.54) is 36.4 Å². The van der Waals surface area contributed by atoms with E-state index in [-0.39, 0.29) is 11.4 Å². The molecule has 1 unspecified atom stereocenters. The molecular weight excluding hydrogens is 258 g/mol. The highest BCUT2D eigenvalue weighted by Gasteiger charge is 2.12. The first kappa shape index (κ1) is 13.0. The molecule has 0 aliphatic rings. The van der Waals surface area contributed by atoms with Gasteiger partial charge in [0.1, 0.15) is 11.6 Å². The molecule has 0 aromatic heterocycles. The molecule has 18 heavy (non-hydrogen) atoms. The van der Waals surface area contributed by atoms with E-state index in [0.29, 0.717) is 11.1 Å². The van der Waals surface area contributed by atoms with Crippen molar-refractivity contribution in [2.75, 3.05) is 0 Å². The van der Waals surface area contributed by atoms with Crippen molar-refractivity contribution < 1.29 is 13.9 Å². The molecule has 1 N–H and O–H groups in total. The molecular formula is C14H11ClF2O. The smallest absolute Gasteiger partial charge is 0.124 e. The SMILES string of the molecule is OC(Cc1ccc(F)cc1Cl)c1cccc(F)c1. The highest BCUT2D eigenvalue weighted by Crippen LogP contribution is 2.24. The summed E-state index contributed by atoms with van der Waals surface area (Å²) in [5.41, 5.74) is 1.09. The number of halogens is 3. The van der Waals surface area contributed by atoms with Gasteiger partial charge in [-0.3, -0.25) is 0 Å². The fraction of sp³-hybridized carbons (Fsp3) is 0.143. The van der Waals surface area contributed by atoms with E-state index in [0.717, 1.165) is 0 Å². The van der Waals surface area contributed by atoms with Crippen molar-refractivity contribution in [3.63, 3.8) is 0 Å². The van der Waals surface area contributed by atoms with Gasteiger partial charge in [-0.2, -0.15) is 0 Å². The fourth-order valence-corrected chi connectivity index (χ4v) is 1.97. The number of benzene rings is 2. The van der Waals surface area contributed by atoms with Crippen LogP contribution >= 0.6 is 11.6 Å². The first-order valence-electron chi connectivity index (χ1n) is 5.44. The fourth-order valence-electron chi connectivity index (χ4n) is 1.73. The van der Waals surface area contributed by atoms with Gasteiger partial charge in [0.05, 0.1) is 6.10 Å². The zero-order chi connectivity index (χ0) is 13.1. The van der Waals surface area contributed by atoms with E-state index in [4.69, 9.17) is 11.6 Å². The summed E-state index contributed by atoms with van der Waals surface area (Å²) < 4.78 is 25.9. The molecule has 94 valence electrons. The minimum absolute atomic E-state index is 0.211. The molecule has 2 aromatic rings. The average Bonchev–Trinajstić information content (AvgIpc) is 2.32. The third-order valence-electron chi connectivity index (χ3n) is 2.66. The predicted molar refractivity (Wildman–Crippen MR) is 66.5 cm³/mol. The van der Waals surface area contributed by atoms with Gasteiger partial charge in [0.25, 0.3) is 0 Å². The van der Waals surface area contributed by atoms with E-state index in [9.17, 15) is 13.9 Å². The molecule has 0 fully saturated rings. The van der Waals surface area contributed by atoms with Crippen LogP contribution < -0.4 is 0 Å². The van der Waals surface area contributed by atoms with Crippen LogP contribution in [0.25, 0.3) is 0 Å². The average molecular weight is 269 g/mol. The van der Waals surface area contributed by atoms with Crippen LogP contribution in [-0.4, -0.2) is 5.11 Å². The normalized spacial score (nSPS) is 12.4. The number of hydrogen-bond donors (Lipinski definition) is 1. The molecule has 0 spiro atoms. The van der Waals surface area contributed by atoms with Gasteiger partial charge in [0.2, 0.25) is 0 Å². The Labute approximate surface area is 109 Å². The lowest BCUT2D eigenvalue weighted by Gasteiger charge is -2.12. The Morgan fingerprint density at radius 2 is 1.78 bits per heavy atom. The van der Waals surface area contributed by atoms with Gasteiger partial charge in [-0.05, 0) is 35.4 Å². The summed E-state index contributed by atoms with van der Waals surface area (Å²) in [6.07, 6.45) is -0.661. The Balaban J connectivity index is 2.18. The Bertz CT molecular complexity index is 557. The van der Waals surface area contributed by atoms with Crippen molar-refractivity contribution in [2.45, 2.75) is 12.5 Å². The van der Waals surface area contributed by atoms with Crippen molar-refractivity contribution in [3.05, 3.63) is 70.2 Å². The summed E-state index contributed by atoms with van der Waals surface area (Å²) in [5, 5.41) is 10.2. The topological polar surface area (TPSA) is 20.2 Å². The number of aliphatic hydroxyl groups excluding tert-OH is 1. The molecule has 2 rings (SSSR count). The lowest BCUT2D eigenvalue weighted by molar-refractivity contribution is 0.178. The van der Waals surface area contributed by atoms with Crippen LogP contribution in [0.1, 0.15) is 17.2 Å². The molecule has 4 heteroatoms. The van der Waals surface area contributed by atoms with Gasteiger partial charge in [0, 0.05) is 11.4 Å². The summed E-state index contributed by atoms with van der Waals surface area (Å²) in [6.45, 7) is 0. The molecule has 0 amide bonds. The van der Waals surface area contributed by atoms with Crippen molar-refractivity contribution >= 4 is 11.6 Å². The first-order chi connectivity index (χ1) is 8.56. The molecule has 0 aliphatic heterocycles. The second kappa shape index (κ2) is 5.46. The Morgan fingerprint density at radius 1 is 1.06 bits per heavy atom. The molecule has 0 saturated carbocycles. The van der Waals surface area contributed by atoms with Crippen LogP contribution in [0.4, 0.5) is 8.78 Å². The van der Waals surface area contributed by atoms with Crippen molar-refractivity contribution in [1.82, 2.24) is 0 Å². The summed E-state index contributed by atoms with van der Waals surface area (Å²) in [5.74, 6) is -0.833. The van der Waals surface area contributed by atoms with E-state index < -0.39 is 17.7 Å². The van der Waals surface area contributed by atoms with Crippen LogP contribution in [0.15, 0.2) is 42.5 Å². The van der Waals surface area contributed by atoms with Crippen molar-refractivity contribution in [2.24, 2.45) is 0 Å². The van der Waals surface area contributed by atoms with E-state index in [1.54, 1.807) is 6.07 Å². The largest absolute Gasteiger partial charge is 0.388 e. The maximum atomic E-state index is 13.0. The standard InChI is InChI=1S/C14H11ClF2O/c15-13-8-12(17)5-4-9(13)7-14(18)10-2-1-3-11(16)6-10/h1-6,8,14,18H,7H2. The van der Waals surface area contributed by atoms with Crippen LogP contribution in [-0.2, 0) is 6.42 Å². The number of hydrogen-bond acceptors (Lipinski definition) is 1. The zero-order valence-electron chi connectivity index (χ0n) is 9.41. The summed E-state index contributed by atoms with van der Waals surface area (Å²) in [7, 11) is 0. The zero-order valence-corrected chi connectivity index (χ0v) is 10.2. The molecule has 1 atom stereocenters. The van der Waals surface area contributed by atoms with Gasteiger partial charge >= 0.3 is 0 Å². The summed E-state index contributed by atoms with van der Waals surface area (Å²) in [4.78, 5) is 0. The molecule has 2 aromatic carbocycles. The van der Waals surface area contributed by atoms with Gasteiger partial charge in [0.15, 0.2) is 0 Å². The molecule has 0 heterocycles. The third-order valence-corrected chi connectivity index (χ3v) is 3.01. The quantitative estimate of drug-likeness (QED) is 0.895. The third kappa shape index (κ3) is 3.06. The molecule has 1 nitrogen and oxygen atoms in total. The maximum absolute atomic E-state index is 13.0. The van der Waals surface area contributed by atoms with Crippen LogP contribution in [0.5, 0.6) is 0 Å². The number of aliphatic hydroxyl groups is 1. The minimum Gasteiger partial charge on any atom is -0.388 e. The Hall–Kier alpha value is -1.45. The second-order valence-electron chi connectivity index (χ2n) is 4.01. The summed E-state index contributed by atoms with van der Waals surface area (Å²) >= 11 is 5.87. The van der Waals surface area contributed by atoms with Gasteiger partial charge in [-0.15, -0.1) is 0 Å². The van der Waals surface area contributed by atoms with E-state index in [2.05, 4.69) is 0 Å². The molecule has 0 bridgehead atoms. The monoisotopic (exact) mass is 268 g/mol. The van der Waals surface area contributed by atoms with Gasteiger partial charge in [-0.25, -0.2) is 8.78 Å². The van der Waals surface area contributed by atoms with Crippen LogP contribution in [0, 0.1) is 11.6 Å². The van der Waals surface area contributed by atoms with Crippen molar-refractivity contribution in [3.8, 4) is 0 Å². The Morgan fingerprint density at radius 3 is 2.44 bits per heavy atom. The summed E-state index contributed by atoms with van der Waals surface area (Å²) in [6, 6.07) is 9.71. The van der Waals surface area contributed by atoms with E-state index in [1.807, 2.05) is 0 Å². The van der Waals surface area contributed by atoms with Crippen LogP contribution in [0.2, 0.25) is 5.02 Å². The van der Waals surface area contributed by atoms with Crippen molar-refractivity contribution in [1.29, 1.82) is 0 Å². The highest BCUT2D eigenvalue weighted by molar-refractivity contribution is 6.31. The minimum atomic E-state index is -0.872. The lowest BCUT2D eigenvalue weighted by Crippen LogP contribution is -2.03. The van der Waals surface area contributed by atoms with E-state index >= 15 is 0 Å². The maximum Gasteiger partial charge on any atom is 0.124 e. The van der Waals surface area contributed by atoms with Gasteiger partial charge in [-0.1, -0.05) is 29.8 Å². The lowest BCUT2D eigenvalue weighted by atomic mass is 10.0. The number of rotatable bonds is 3. The predicted octanol–water partition coefficient (Wildman–Crippen LogP) is 3.89. The second-order valence-corrected chi connectivity index (χ2v) is 4.42. The first-order valence-corrected chi connectivity index (χ1v) is 5.81. The highest BCUT2D eigenvalue weighted by atomic mass is 35.5. The Kier molecular flexibility index (Phi) is 3.94. The molecule has 0 saturated heterocycles. The molecule has 0 aliphatic carbocycles. The molecule has 0 radical (unpaired) electrons. The van der Waals surface area contributed by atoms with Gasteiger partial charge < -0.3 is 5.11 Å². The van der Waals surface area contributed by atoms with Crippen LogP contribution in [0.3, 0.4) is 0 Å².